The Hall–Kier alpha value is -0.860. The molecule has 2 N–H and O–H groups in total. The lowest BCUT2D eigenvalue weighted by molar-refractivity contribution is 0.248. The number of hydrogen-bond acceptors (Lipinski definition) is 2. The van der Waals surface area contributed by atoms with Gasteiger partial charge >= 0.3 is 0 Å². The number of benzene rings is 1. The monoisotopic (exact) mass is 249 g/mol. The second-order valence-corrected chi connectivity index (χ2v) is 4.92. The Balaban J connectivity index is 2.39. The lowest BCUT2D eigenvalue weighted by Gasteiger charge is -2.16. The normalized spacial score (nSPS) is 12.6. The molecule has 102 valence electrons. The van der Waals surface area contributed by atoms with Gasteiger partial charge in [0.25, 0.3) is 0 Å². The highest BCUT2D eigenvalue weighted by molar-refractivity contribution is 5.26. The molecule has 0 saturated heterocycles. The highest BCUT2D eigenvalue weighted by atomic mass is 16.3. The molecule has 0 aromatic heterocycles. The first-order valence-corrected chi connectivity index (χ1v) is 7.20. The van der Waals surface area contributed by atoms with Gasteiger partial charge in [-0.25, -0.2) is 0 Å². The highest BCUT2D eigenvalue weighted by Gasteiger charge is 2.07. The third-order valence-corrected chi connectivity index (χ3v) is 3.48. The van der Waals surface area contributed by atoms with Crippen molar-refractivity contribution in [2.75, 3.05) is 13.2 Å². The quantitative estimate of drug-likeness (QED) is 0.704. The van der Waals surface area contributed by atoms with Crippen molar-refractivity contribution in [1.82, 2.24) is 5.32 Å². The molecule has 0 saturated carbocycles. The average Bonchev–Trinajstić information content (AvgIpc) is 2.40. The molecule has 0 aliphatic heterocycles. The first kappa shape index (κ1) is 15.2. The molecule has 0 aliphatic carbocycles. The number of nitrogens with one attached hydrogen (secondary N) is 1. The zero-order valence-corrected chi connectivity index (χ0v) is 11.8. The van der Waals surface area contributed by atoms with Gasteiger partial charge in [0.05, 0.1) is 0 Å². The van der Waals surface area contributed by atoms with E-state index in [1.807, 2.05) is 0 Å². The minimum atomic E-state index is 0.303. The number of hydrogen-bond donors (Lipinski definition) is 2. The summed E-state index contributed by atoms with van der Waals surface area (Å²) in [5, 5.41) is 12.6. The first-order valence-electron chi connectivity index (χ1n) is 7.20. The summed E-state index contributed by atoms with van der Waals surface area (Å²) < 4.78 is 0. The van der Waals surface area contributed by atoms with Crippen LogP contribution in [0.1, 0.15) is 44.2 Å². The summed E-state index contributed by atoms with van der Waals surface area (Å²) >= 11 is 0. The van der Waals surface area contributed by atoms with Crippen molar-refractivity contribution >= 4 is 0 Å². The van der Waals surface area contributed by atoms with Crippen molar-refractivity contribution in [3.63, 3.8) is 0 Å². The average molecular weight is 249 g/mol. The lowest BCUT2D eigenvalue weighted by Crippen LogP contribution is -2.23. The second-order valence-electron chi connectivity index (χ2n) is 4.92. The summed E-state index contributed by atoms with van der Waals surface area (Å²) in [5.41, 5.74) is 2.83. The van der Waals surface area contributed by atoms with E-state index in [4.69, 9.17) is 5.11 Å². The molecule has 0 heterocycles. The van der Waals surface area contributed by atoms with E-state index in [1.165, 1.54) is 24.0 Å². The van der Waals surface area contributed by atoms with E-state index >= 15 is 0 Å². The van der Waals surface area contributed by atoms with Crippen LogP contribution in [0.2, 0.25) is 0 Å². The van der Waals surface area contributed by atoms with Crippen LogP contribution in [0.5, 0.6) is 0 Å². The largest absolute Gasteiger partial charge is 0.396 e. The van der Waals surface area contributed by atoms with E-state index < -0.39 is 0 Å². The summed E-state index contributed by atoms with van der Waals surface area (Å²) in [7, 11) is 0. The van der Waals surface area contributed by atoms with E-state index in [0.29, 0.717) is 12.5 Å². The molecule has 1 atom stereocenters. The smallest absolute Gasteiger partial charge is 0.0434 e. The Kier molecular flexibility index (Phi) is 7.70. The second kappa shape index (κ2) is 9.12. The lowest BCUT2D eigenvalue weighted by atomic mass is 10.00. The van der Waals surface area contributed by atoms with Gasteiger partial charge in [0, 0.05) is 13.2 Å². The summed E-state index contributed by atoms with van der Waals surface area (Å²) in [6.45, 7) is 6.65. The van der Waals surface area contributed by atoms with Crippen molar-refractivity contribution in [2.24, 2.45) is 5.92 Å². The topological polar surface area (TPSA) is 32.3 Å². The Morgan fingerprint density at radius 1 is 1.11 bits per heavy atom. The maximum atomic E-state index is 9.03. The van der Waals surface area contributed by atoms with Gasteiger partial charge in [0.1, 0.15) is 0 Å². The van der Waals surface area contributed by atoms with Crippen molar-refractivity contribution in [2.45, 2.75) is 46.1 Å². The molecule has 0 bridgehead atoms. The molecule has 0 fully saturated rings. The molecule has 18 heavy (non-hydrogen) atoms. The zero-order valence-electron chi connectivity index (χ0n) is 11.8. The number of rotatable bonds is 9. The van der Waals surface area contributed by atoms with Gasteiger partial charge in [-0.3, -0.25) is 0 Å². The third-order valence-electron chi connectivity index (χ3n) is 3.48. The van der Waals surface area contributed by atoms with Gasteiger partial charge in [-0.2, -0.15) is 0 Å². The SMILES string of the molecule is CCCC(CCO)CNCc1ccccc1CC. The van der Waals surface area contributed by atoms with Crippen molar-refractivity contribution in [3.8, 4) is 0 Å². The highest BCUT2D eigenvalue weighted by Crippen LogP contribution is 2.12. The van der Waals surface area contributed by atoms with Crippen LogP contribution in [-0.2, 0) is 13.0 Å². The number of aryl methyl sites for hydroxylation is 1. The molecule has 1 aromatic carbocycles. The van der Waals surface area contributed by atoms with Crippen molar-refractivity contribution in [3.05, 3.63) is 35.4 Å². The van der Waals surface area contributed by atoms with Gasteiger partial charge in [-0.05, 0) is 42.9 Å². The molecule has 2 heteroatoms. The van der Waals surface area contributed by atoms with Crippen LogP contribution in [0.15, 0.2) is 24.3 Å². The van der Waals surface area contributed by atoms with Crippen molar-refractivity contribution < 1.29 is 5.11 Å². The standard InChI is InChI=1S/C16H27NO/c1-3-7-14(10-11-18)12-17-13-16-9-6-5-8-15(16)4-2/h5-6,8-9,14,17-18H,3-4,7,10-13H2,1-2H3. The predicted molar refractivity (Wildman–Crippen MR) is 77.6 cm³/mol. The molecule has 1 aromatic rings. The number of aliphatic hydroxyl groups is 1. The van der Waals surface area contributed by atoms with Crippen LogP contribution in [0, 0.1) is 5.92 Å². The predicted octanol–water partition coefficient (Wildman–Crippen LogP) is 3.14. The summed E-state index contributed by atoms with van der Waals surface area (Å²) in [6.07, 6.45) is 4.39. The van der Waals surface area contributed by atoms with E-state index in [9.17, 15) is 0 Å². The molecule has 2 nitrogen and oxygen atoms in total. The van der Waals surface area contributed by atoms with Gasteiger partial charge < -0.3 is 10.4 Å². The van der Waals surface area contributed by atoms with E-state index in [-0.39, 0.29) is 0 Å². The van der Waals surface area contributed by atoms with Gasteiger partial charge in [-0.1, -0.05) is 44.5 Å². The fraction of sp³-hybridized carbons (Fsp3) is 0.625. The summed E-state index contributed by atoms with van der Waals surface area (Å²) in [5.74, 6) is 0.605. The minimum absolute atomic E-state index is 0.303. The minimum Gasteiger partial charge on any atom is -0.396 e. The Bertz CT molecular complexity index is 319. The summed E-state index contributed by atoms with van der Waals surface area (Å²) in [6, 6.07) is 8.61. The maximum Gasteiger partial charge on any atom is 0.0434 e. The van der Waals surface area contributed by atoms with Crippen LogP contribution in [0.4, 0.5) is 0 Å². The summed E-state index contributed by atoms with van der Waals surface area (Å²) in [4.78, 5) is 0. The van der Waals surface area contributed by atoms with Gasteiger partial charge in [-0.15, -0.1) is 0 Å². The van der Waals surface area contributed by atoms with Gasteiger partial charge in [0.2, 0.25) is 0 Å². The Labute approximate surface area is 111 Å². The molecule has 0 aliphatic rings. The zero-order chi connectivity index (χ0) is 13.2. The molecule has 1 unspecified atom stereocenters. The molecule has 0 amide bonds. The van der Waals surface area contributed by atoms with E-state index in [1.54, 1.807) is 0 Å². The van der Waals surface area contributed by atoms with Crippen molar-refractivity contribution in [1.29, 1.82) is 0 Å². The van der Waals surface area contributed by atoms with E-state index in [0.717, 1.165) is 25.9 Å². The third kappa shape index (κ3) is 5.19. The Morgan fingerprint density at radius 2 is 1.83 bits per heavy atom. The van der Waals surface area contributed by atoms with Crippen LogP contribution < -0.4 is 5.32 Å². The molecular formula is C16H27NO. The molecule has 1 rings (SSSR count). The number of aliphatic hydroxyl groups excluding tert-OH is 1. The molecule has 0 spiro atoms. The van der Waals surface area contributed by atoms with Gasteiger partial charge in [0.15, 0.2) is 0 Å². The Morgan fingerprint density at radius 3 is 2.44 bits per heavy atom. The van der Waals surface area contributed by atoms with E-state index in [2.05, 4.69) is 43.4 Å². The van der Waals surface area contributed by atoms with Crippen LogP contribution in [0.25, 0.3) is 0 Å². The van der Waals surface area contributed by atoms with Crippen LogP contribution in [-0.4, -0.2) is 18.3 Å². The molecule has 0 radical (unpaired) electrons. The molecular weight excluding hydrogens is 222 g/mol. The van der Waals surface area contributed by atoms with Crippen LogP contribution in [0.3, 0.4) is 0 Å². The van der Waals surface area contributed by atoms with Crippen LogP contribution >= 0.6 is 0 Å². The fourth-order valence-corrected chi connectivity index (χ4v) is 2.43. The first-order chi connectivity index (χ1) is 8.81. The fourth-order valence-electron chi connectivity index (χ4n) is 2.43. The maximum absolute atomic E-state index is 9.03.